The molecule has 2 rings (SSSR count). The minimum Gasteiger partial charge on any atom is -0.251 e. The van der Waals surface area contributed by atoms with Crippen LogP contribution in [-0.4, -0.2) is 18.6 Å². The second-order valence-electron chi connectivity index (χ2n) is 4.98. The normalized spacial score (nSPS) is 19.1. The van der Waals surface area contributed by atoms with Crippen LogP contribution in [0.1, 0.15) is 18.9 Å². The van der Waals surface area contributed by atoms with Crippen molar-refractivity contribution in [3.63, 3.8) is 0 Å². The number of hydrazine groups is 1. The maximum Gasteiger partial charge on any atom is 0.0378 e. The highest BCUT2D eigenvalue weighted by atomic mass is 15.5. The van der Waals surface area contributed by atoms with Crippen LogP contribution in [0.25, 0.3) is 0 Å². The van der Waals surface area contributed by atoms with Crippen molar-refractivity contribution in [2.24, 2.45) is 5.92 Å². The first-order chi connectivity index (χ1) is 8.75. The fourth-order valence-electron chi connectivity index (χ4n) is 2.16. The van der Waals surface area contributed by atoms with Gasteiger partial charge in [-0.15, -0.1) is 0 Å². The smallest absolute Gasteiger partial charge is 0.0378 e. The van der Waals surface area contributed by atoms with E-state index in [1.165, 1.54) is 11.1 Å². The van der Waals surface area contributed by atoms with Gasteiger partial charge in [-0.25, -0.2) is 5.01 Å². The number of benzene rings is 1. The Morgan fingerprint density at radius 2 is 2.06 bits per heavy atom. The minimum absolute atomic E-state index is 0.660. The topological polar surface area (TPSA) is 15.3 Å². The molecule has 1 aromatic rings. The van der Waals surface area contributed by atoms with Crippen LogP contribution in [0.2, 0.25) is 0 Å². The van der Waals surface area contributed by atoms with E-state index in [0.29, 0.717) is 5.92 Å². The van der Waals surface area contributed by atoms with Gasteiger partial charge in [-0.2, -0.15) is 0 Å². The molecule has 0 bridgehead atoms. The van der Waals surface area contributed by atoms with Gasteiger partial charge in [0.2, 0.25) is 0 Å². The molecule has 1 N–H and O–H groups in total. The molecular formula is C16H22N2. The molecule has 1 aliphatic rings. The molecule has 1 aliphatic carbocycles. The van der Waals surface area contributed by atoms with Gasteiger partial charge < -0.3 is 0 Å². The van der Waals surface area contributed by atoms with E-state index in [9.17, 15) is 0 Å². The van der Waals surface area contributed by atoms with E-state index in [4.69, 9.17) is 0 Å². The lowest BCUT2D eigenvalue weighted by Gasteiger charge is -2.23. The van der Waals surface area contributed by atoms with E-state index in [1.807, 2.05) is 0 Å². The van der Waals surface area contributed by atoms with E-state index >= 15 is 0 Å². The largest absolute Gasteiger partial charge is 0.251 e. The summed E-state index contributed by atoms with van der Waals surface area (Å²) in [5, 5.41) is 2.15. The molecule has 96 valence electrons. The fourth-order valence-corrected chi connectivity index (χ4v) is 2.16. The Hall–Kier alpha value is -1.38. The van der Waals surface area contributed by atoms with Crippen LogP contribution in [0.4, 0.5) is 0 Å². The van der Waals surface area contributed by atoms with E-state index in [2.05, 4.69) is 73.0 Å². The van der Waals surface area contributed by atoms with E-state index < -0.39 is 0 Å². The third kappa shape index (κ3) is 3.83. The molecule has 0 saturated carbocycles. The lowest BCUT2D eigenvalue weighted by molar-refractivity contribution is 0.233. The van der Waals surface area contributed by atoms with Crippen LogP contribution < -0.4 is 5.43 Å². The van der Waals surface area contributed by atoms with Crippen molar-refractivity contribution in [2.45, 2.75) is 19.9 Å². The molecule has 0 aromatic heterocycles. The number of nitrogens with zero attached hydrogens (tertiary/aromatic N) is 1. The maximum atomic E-state index is 3.46. The van der Waals surface area contributed by atoms with Gasteiger partial charge in [-0.05, 0) is 17.9 Å². The van der Waals surface area contributed by atoms with Crippen molar-refractivity contribution in [1.82, 2.24) is 10.4 Å². The molecule has 0 fully saturated rings. The van der Waals surface area contributed by atoms with Gasteiger partial charge in [0.15, 0.2) is 0 Å². The molecule has 2 heteroatoms. The molecule has 0 saturated heterocycles. The van der Waals surface area contributed by atoms with Crippen molar-refractivity contribution in [2.75, 3.05) is 13.6 Å². The Morgan fingerprint density at radius 3 is 2.78 bits per heavy atom. The summed E-state index contributed by atoms with van der Waals surface area (Å²) in [4.78, 5) is 0. The molecular weight excluding hydrogens is 220 g/mol. The lowest BCUT2D eigenvalue weighted by Crippen LogP contribution is -2.36. The third-order valence-corrected chi connectivity index (χ3v) is 3.38. The van der Waals surface area contributed by atoms with Crippen molar-refractivity contribution >= 4 is 0 Å². The predicted molar refractivity (Wildman–Crippen MR) is 76.9 cm³/mol. The van der Waals surface area contributed by atoms with Crippen LogP contribution in [0.3, 0.4) is 0 Å². The highest BCUT2D eigenvalue weighted by Gasteiger charge is 2.10. The number of hydrogen-bond donors (Lipinski definition) is 1. The summed E-state index contributed by atoms with van der Waals surface area (Å²) >= 11 is 0. The van der Waals surface area contributed by atoms with E-state index in [-0.39, 0.29) is 0 Å². The van der Waals surface area contributed by atoms with Gasteiger partial charge >= 0.3 is 0 Å². The minimum atomic E-state index is 0.660. The Kier molecular flexibility index (Phi) is 4.73. The van der Waals surface area contributed by atoms with Gasteiger partial charge in [-0.3, -0.25) is 5.43 Å². The first kappa shape index (κ1) is 13.1. The quantitative estimate of drug-likeness (QED) is 0.798. The Bertz CT molecular complexity index is 420. The van der Waals surface area contributed by atoms with Crippen LogP contribution in [-0.2, 0) is 6.54 Å². The number of allylic oxidation sites excluding steroid dienone is 3. The second kappa shape index (κ2) is 6.53. The fraction of sp³-hybridized carbons (Fsp3) is 0.375. The number of hydrogen-bond acceptors (Lipinski definition) is 2. The molecule has 0 aliphatic heterocycles. The SMILES string of the molecule is CC1CC=CC=C1CNN(C)Cc1ccccc1. The van der Waals surface area contributed by atoms with Crippen molar-refractivity contribution in [3.8, 4) is 0 Å². The van der Waals surface area contributed by atoms with Gasteiger partial charge in [-0.1, -0.05) is 61.1 Å². The van der Waals surface area contributed by atoms with Gasteiger partial charge in [0.05, 0.1) is 0 Å². The Morgan fingerprint density at radius 1 is 1.28 bits per heavy atom. The predicted octanol–water partition coefficient (Wildman–Crippen LogP) is 3.15. The van der Waals surface area contributed by atoms with Crippen molar-refractivity contribution in [1.29, 1.82) is 0 Å². The molecule has 1 aromatic carbocycles. The first-order valence-corrected chi connectivity index (χ1v) is 6.60. The highest BCUT2D eigenvalue weighted by molar-refractivity contribution is 5.21. The van der Waals surface area contributed by atoms with Gasteiger partial charge in [0, 0.05) is 20.1 Å². The van der Waals surface area contributed by atoms with E-state index in [0.717, 1.165) is 19.5 Å². The molecule has 1 atom stereocenters. The standard InChI is InChI=1S/C16H22N2/c1-14-8-6-7-11-16(14)12-17-18(2)13-15-9-4-3-5-10-15/h3-7,9-11,14,17H,8,12-13H2,1-2H3. The van der Waals surface area contributed by atoms with Crippen molar-refractivity contribution < 1.29 is 0 Å². The summed E-state index contributed by atoms with van der Waals surface area (Å²) in [6, 6.07) is 10.5. The third-order valence-electron chi connectivity index (χ3n) is 3.38. The zero-order chi connectivity index (χ0) is 12.8. The van der Waals surface area contributed by atoms with Crippen molar-refractivity contribution in [3.05, 3.63) is 59.7 Å². The zero-order valence-electron chi connectivity index (χ0n) is 11.3. The van der Waals surface area contributed by atoms with Crippen LogP contribution in [0, 0.1) is 5.92 Å². The summed E-state index contributed by atoms with van der Waals surface area (Å²) in [5.74, 6) is 0.660. The second-order valence-corrected chi connectivity index (χ2v) is 4.98. The van der Waals surface area contributed by atoms with Gasteiger partial charge in [0.1, 0.15) is 0 Å². The molecule has 0 spiro atoms. The maximum absolute atomic E-state index is 3.46. The number of nitrogens with one attached hydrogen (secondary N) is 1. The lowest BCUT2D eigenvalue weighted by atomic mass is 9.93. The Balaban J connectivity index is 1.80. The monoisotopic (exact) mass is 242 g/mol. The average molecular weight is 242 g/mol. The summed E-state index contributed by atoms with van der Waals surface area (Å²) in [6.45, 7) is 4.15. The molecule has 18 heavy (non-hydrogen) atoms. The summed E-state index contributed by atoms with van der Waals surface area (Å²) in [7, 11) is 2.09. The molecule has 0 amide bonds. The average Bonchev–Trinajstić information content (AvgIpc) is 2.39. The van der Waals surface area contributed by atoms with Gasteiger partial charge in [0.25, 0.3) is 0 Å². The summed E-state index contributed by atoms with van der Waals surface area (Å²) in [6.07, 6.45) is 7.80. The van der Waals surface area contributed by atoms with Crippen LogP contribution >= 0.6 is 0 Å². The molecule has 1 unspecified atom stereocenters. The summed E-state index contributed by atoms with van der Waals surface area (Å²) in [5.41, 5.74) is 6.28. The molecule has 0 radical (unpaired) electrons. The highest BCUT2D eigenvalue weighted by Crippen LogP contribution is 2.18. The van der Waals surface area contributed by atoms with Crippen LogP contribution in [0.15, 0.2) is 54.1 Å². The zero-order valence-corrected chi connectivity index (χ0v) is 11.3. The molecule has 0 heterocycles. The Labute approximate surface area is 110 Å². The summed E-state index contributed by atoms with van der Waals surface area (Å²) < 4.78 is 0. The van der Waals surface area contributed by atoms with E-state index in [1.54, 1.807) is 0 Å². The first-order valence-electron chi connectivity index (χ1n) is 6.60. The van der Waals surface area contributed by atoms with Crippen LogP contribution in [0.5, 0.6) is 0 Å². The molecule has 2 nitrogen and oxygen atoms in total. The number of rotatable bonds is 5.